The van der Waals surface area contributed by atoms with Crippen molar-refractivity contribution >= 4 is 33.7 Å². The molecule has 2 amide bonds. The van der Waals surface area contributed by atoms with Crippen molar-refractivity contribution in [2.24, 2.45) is 11.7 Å². The van der Waals surface area contributed by atoms with Crippen LogP contribution in [-0.4, -0.2) is 55.7 Å². The summed E-state index contributed by atoms with van der Waals surface area (Å²) in [5.41, 5.74) is 5.13. The number of aliphatic carboxylic acids is 1. The molecule has 11 nitrogen and oxygen atoms in total. The largest absolute Gasteiger partial charge is 0.480 e. The van der Waals surface area contributed by atoms with Crippen molar-refractivity contribution in [2.45, 2.75) is 93.2 Å². The zero-order chi connectivity index (χ0) is 28.5. The summed E-state index contributed by atoms with van der Waals surface area (Å²) in [5.74, 6) is -2.06. The third kappa shape index (κ3) is 8.69. The SMILES string of the molecule is C=C[C@@H]1C[C@@]1(N)C(=O)NS(=O)(=O)c1ccccc1NCCCCCCC[C@H](NC(=O)OC1CCCC1)C(=O)O. The second-order valence-electron chi connectivity index (χ2n) is 10.3. The molecule has 0 radical (unpaired) electrons. The van der Waals surface area contributed by atoms with E-state index in [1.807, 2.05) is 0 Å². The molecule has 0 bridgehead atoms. The summed E-state index contributed by atoms with van der Waals surface area (Å²) in [4.78, 5) is 35.9. The van der Waals surface area contributed by atoms with Crippen LogP contribution < -0.4 is 21.1 Å². The zero-order valence-corrected chi connectivity index (χ0v) is 23.0. The van der Waals surface area contributed by atoms with Gasteiger partial charge in [0, 0.05) is 12.5 Å². The summed E-state index contributed by atoms with van der Waals surface area (Å²) in [6.07, 6.45) is 9.05. The highest BCUT2D eigenvalue weighted by atomic mass is 32.2. The molecule has 39 heavy (non-hydrogen) atoms. The molecule has 2 fully saturated rings. The van der Waals surface area contributed by atoms with Gasteiger partial charge < -0.3 is 26.2 Å². The molecule has 2 aliphatic carbocycles. The number of rotatable bonds is 16. The van der Waals surface area contributed by atoms with Crippen molar-refractivity contribution in [1.29, 1.82) is 0 Å². The van der Waals surface area contributed by atoms with Gasteiger partial charge >= 0.3 is 12.1 Å². The summed E-state index contributed by atoms with van der Waals surface area (Å²) in [6.45, 7) is 4.13. The van der Waals surface area contributed by atoms with Crippen LogP contribution in [-0.2, 0) is 24.3 Å². The minimum Gasteiger partial charge on any atom is -0.480 e. The lowest BCUT2D eigenvalue weighted by atomic mass is 10.1. The van der Waals surface area contributed by atoms with Gasteiger partial charge in [0.25, 0.3) is 15.9 Å². The van der Waals surface area contributed by atoms with Gasteiger partial charge in [-0.2, -0.15) is 0 Å². The molecule has 216 valence electrons. The number of para-hydroxylation sites is 1. The van der Waals surface area contributed by atoms with E-state index in [1.165, 1.54) is 6.07 Å². The second-order valence-corrected chi connectivity index (χ2v) is 12.0. The zero-order valence-electron chi connectivity index (χ0n) is 22.2. The van der Waals surface area contributed by atoms with Gasteiger partial charge in [-0.3, -0.25) is 4.79 Å². The number of unbranched alkanes of at least 4 members (excludes halogenated alkanes) is 4. The molecule has 0 aromatic heterocycles. The smallest absolute Gasteiger partial charge is 0.408 e. The highest BCUT2D eigenvalue weighted by molar-refractivity contribution is 7.90. The molecule has 1 aromatic rings. The summed E-state index contributed by atoms with van der Waals surface area (Å²) in [7, 11) is -4.11. The molecule has 0 spiro atoms. The predicted octanol–water partition coefficient (Wildman–Crippen LogP) is 3.27. The predicted molar refractivity (Wildman–Crippen MR) is 146 cm³/mol. The first-order valence-corrected chi connectivity index (χ1v) is 15.1. The molecule has 12 heteroatoms. The minimum absolute atomic E-state index is 0.0311. The normalized spacial score (nSPS) is 21.5. The number of hydrogen-bond donors (Lipinski definition) is 5. The summed E-state index contributed by atoms with van der Waals surface area (Å²) >= 11 is 0. The van der Waals surface area contributed by atoms with Crippen molar-refractivity contribution < 1.29 is 32.6 Å². The van der Waals surface area contributed by atoms with Gasteiger partial charge in [0.15, 0.2) is 0 Å². The molecule has 2 aliphatic rings. The van der Waals surface area contributed by atoms with Crippen LogP contribution in [0.3, 0.4) is 0 Å². The Kier molecular flexibility index (Phi) is 10.8. The second kappa shape index (κ2) is 13.8. The van der Waals surface area contributed by atoms with Crippen LogP contribution in [0.4, 0.5) is 10.5 Å². The average molecular weight is 565 g/mol. The Bertz CT molecular complexity index is 1140. The summed E-state index contributed by atoms with van der Waals surface area (Å²) < 4.78 is 33.1. The number of hydrogen-bond acceptors (Lipinski definition) is 8. The highest BCUT2D eigenvalue weighted by Crippen LogP contribution is 2.42. The van der Waals surface area contributed by atoms with Crippen molar-refractivity contribution in [2.75, 3.05) is 11.9 Å². The van der Waals surface area contributed by atoms with Crippen molar-refractivity contribution in [3.8, 4) is 0 Å². The van der Waals surface area contributed by atoms with Gasteiger partial charge in [-0.1, -0.05) is 43.9 Å². The van der Waals surface area contributed by atoms with Gasteiger partial charge in [0.05, 0.1) is 5.69 Å². The molecule has 0 aliphatic heterocycles. The number of alkyl carbamates (subject to hydrolysis) is 1. The number of sulfonamides is 1. The van der Waals surface area contributed by atoms with Gasteiger partial charge in [0.2, 0.25) is 0 Å². The van der Waals surface area contributed by atoms with Crippen molar-refractivity contribution in [3.63, 3.8) is 0 Å². The number of carbonyl (C=O) groups is 3. The number of carboxylic acid groups (broad SMARTS) is 1. The van der Waals surface area contributed by atoms with Gasteiger partial charge in [-0.15, -0.1) is 6.58 Å². The molecular formula is C27H40N4O7S. The van der Waals surface area contributed by atoms with Crippen LogP contribution in [0.1, 0.15) is 70.6 Å². The molecule has 0 heterocycles. The Labute approximate surface area is 230 Å². The standard InChI is InChI=1S/C27H40N4O7S/c1-2-19-18-27(19,28)25(34)31-39(36,37)23-16-10-9-14-21(23)29-17-11-5-3-4-6-15-22(24(32)33)30-26(35)38-20-12-7-8-13-20/h2,9-10,14,16,19-20,22,29H,1,3-8,11-13,15,17-18,28H2,(H,30,35)(H,31,34)(H,32,33)/t19-,22+,27+/m1/s1. The number of anilines is 1. The minimum atomic E-state index is -4.11. The van der Waals surface area contributed by atoms with E-state index in [4.69, 9.17) is 10.5 Å². The van der Waals surface area contributed by atoms with Crippen LogP contribution in [0.5, 0.6) is 0 Å². The van der Waals surface area contributed by atoms with E-state index in [9.17, 15) is 27.9 Å². The maximum absolute atomic E-state index is 12.9. The van der Waals surface area contributed by atoms with E-state index in [1.54, 1.807) is 24.3 Å². The van der Waals surface area contributed by atoms with E-state index in [2.05, 4.69) is 21.9 Å². The Balaban J connectivity index is 1.35. The van der Waals surface area contributed by atoms with E-state index in [-0.39, 0.29) is 16.9 Å². The topological polar surface area (TPSA) is 177 Å². The number of carboxylic acids is 1. The fraction of sp³-hybridized carbons (Fsp3) is 0.593. The van der Waals surface area contributed by atoms with E-state index in [0.29, 0.717) is 31.5 Å². The van der Waals surface area contributed by atoms with Crippen LogP contribution >= 0.6 is 0 Å². The maximum atomic E-state index is 12.9. The van der Waals surface area contributed by atoms with Crippen LogP contribution in [0, 0.1) is 5.92 Å². The van der Waals surface area contributed by atoms with Gasteiger partial charge in [-0.25, -0.2) is 22.7 Å². The third-order valence-electron chi connectivity index (χ3n) is 7.32. The fourth-order valence-electron chi connectivity index (χ4n) is 4.80. The highest BCUT2D eigenvalue weighted by Gasteiger charge is 2.56. The molecule has 3 atom stereocenters. The summed E-state index contributed by atoms with van der Waals surface area (Å²) in [5, 5.41) is 15.0. The molecule has 0 unspecified atom stereocenters. The first-order valence-electron chi connectivity index (χ1n) is 13.6. The molecule has 3 rings (SSSR count). The molecule has 2 saturated carbocycles. The van der Waals surface area contributed by atoms with Crippen molar-refractivity contribution in [1.82, 2.24) is 10.0 Å². The lowest BCUT2D eigenvalue weighted by Gasteiger charge is -2.17. The Hall–Kier alpha value is -3.12. The van der Waals surface area contributed by atoms with Crippen LogP contribution in [0.2, 0.25) is 0 Å². The Morgan fingerprint density at radius 1 is 1.13 bits per heavy atom. The van der Waals surface area contributed by atoms with E-state index < -0.39 is 39.6 Å². The van der Waals surface area contributed by atoms with Gasteiger partial charge in [-0.05, 0) is 57.1 Å². The number of carbonyl (C=O) groups excluding carboxylic acids is 2. The van der Waals surface area contributed by atoms with Crippen molar-refractivity contribution in [3.05, 3.63) is 36.9 Å². The number of nitrogens with two attached hydrogens (primary N) is 1. The Morgan fingerprint density at radius 3 is 2.46 bits per heavy atom. The maximum Gasteiger partial charge on any atom is 0.408 e. The molecule has 0 saturated heterocycles. The van der Waals surface area contributed by atoms with E-state index in [0.717, 1.165) is 51.4 Å². The van der Waals surface area contributed by atoms with Gasteiger partial charge in [0.1, 0.15) is 22.6 Å². The molecule has 1 aromatic carbocycles. The first-order chi connectivity index (χ1) is 18.6. The lowest BCUT2D eigenvalue weighted by molar-refractivity contribution is -0.139. The first kappa shape index (κ1) is 30.4. The molecular weight excluding hydrogens is 524 g/mol. The quantitative estimate of drug-likeness (QED) is 0.149. The fourth-order valence-corrected chi connectivity index (χ4v) is 6.03. The lowest BCUT2D eigenvalue weighted by Crippen LogP contribution is -2.46. The number of nitrogens with one attached hydrogen (secondary N) is 3. The van der Waals surface area contributed by atoms with Crippen LogP contribution in [0.15, 0.2) is 41.8 Å². The van der Waals surface area contributed by atoms with Crippen LogP contribution in [0.25, 0.3) is 0 Å². The number of ether oxygens (including phenoxy) is 1. The third-order valence-corrected chi connectivity index (χ3v) is 8.71. The number of benzene rings is 1. The molecule has 6 N–H and O–H groups in total. The summed E-state index contributed by atoms with van der Waals surface area (Å²) in [6, 6.07) is 5.38. The number of amides is 2. The Morgan fingerprint density at radius 2 is 1.79 bits per heavy atom. The average Bonchev–Trinajstić information content (AvgIpc) is 3.31. The van der Waals surface area contributed by atoms with E-state index >= 15 is 0 Å². The monoisotopic (exact) mass is 564 g/mol.